The van der Waals surface area contributed by atoms with Crippen molar-refractivity contribution >= 4 is 56.3 Å². The number of nitrogens with two attached hydrogens (primary N) is 1. The Kier molecular flexibility index (Phi) is 5.15. The maximum Gasteiger partial charge on any atom is 0.231 e. The third kappa shape index (κ3) is 3.62. The molecular formula is C23H19BrClN5O2S. The molecule has 4 aromatic rings. The summed E-state index contributed by atoms with van der Waals surface area (Å²) in [5.41, 5.74) is 8.81. The summed E-state index contributed by atoms with van der Waals surface area (Å²) in [6.45, 7) is 0.968. The molecule has 1 saturated carbocycles. The lowest BCUT2D eigenvalue weighted by Crippen LogP contribution is -2.38. The molecule has 0 saturated heterocycles. The van der Waals surface area contributed by atoms with E-state index in [0.29, 0.717) is 11.3 Å². The molecule has 0 spiro atoms. The van der Waals surface area contributed by atoms with Gasteiger partial charge in [0.1, 0.15) is 6.33 Å². The number of fused-ring (bicyclic) bond motifs is 2. The lowest BCUT2D eigenvalue weighted by molar-refractivity contribution is 0.174. The second-order valence-corrected chi connectivity index (χ2v) is 10.6. The van der Waals surface area contributed by atoms with Gasteiger partial charge in [0, 0.05) is 26.4 Å². The van der Waals surface area contributed by atoms with Gasteiger partial charge in [-0.1, -0.05) is 41.9 Å². The molecule has 1 fully saturated rings. The summed E-state index contributed by atoms with van der Waals surface area (Å²) in [5.74, 6) is 1.82. The highest BCUT2D eigenvalue weighted by Crippen LogP contribution is 2.48. The molecule has 10 heteroatoms. The molecule has 6 rings (SSSR count). The third-order valence-electron chi connectivity index (χ3n) is 6.38. The zero-order chi connectivity index (χ0) is 22.6. The van der Waals surface area contributed by atoms with E-state index >= 15 is 0 Å². The van der Waals surface area contributed by atoms with Crippen LogP contribution in [0.2, 0.25) is 5.02 Å². The molecule has 33 heavy (non-hydrogen) atoms. The van der Waals surface area contributed by atoms with Crippen molar-refractivity contribution < 1.29 is 9.47 Å². The predicted octanol–water partition coefficient (Wildman–Crippen LogP) is 5.83. The van der Waals surface area contributed by atoms with Gasteiger partial charge in [-0.2, -0.15) is 0 Å². The van der Waals surface area contributed by atoms with Crippen molar-refractivity contribution in [2.75, 3.05) is 12.5 Å². The van der Waals surface area contributed by atoms with Crippen LogP contribution in [0.5, 0.6) is 11.5 Å². The van der Waals surface area contributed by atoms with Gasteiger partial charge in [-0.15, -0.1) is 0 Å². The number of benzene rings is 2. The van der Waals surface area contributed by atoms with Gasteiger partial charge in [-0.05, 0) is 58.6 Å². The van der Waals surface area contributed by atoms with Crippen LogP contribution in [0.1, 0.15) is 24.8 Å². The molecule has 7 nitrogen and oxygen atoms in total. The summed E-state index contributed by atoms with van der Waals surface area (Å²) in [6, 6.07) is 12.1. The van der Waals surface area contributed by atoms with Crippen LogP contribution in [0.3, 0.4) is 0 Å². The largest absolute Gasteiger partial charge is 0.454 e. The number of ether oxygens (including phenoxy) is 2. The van der Waals surface area contributed by atoms with Crippen molar-refractivity contribution in [1.82, 2.24) is 19.5 Å². The number of halogens is 2. The second-order valence-electron chi connectivity index (χ2n) is 8.29. The van der Waals surface area contributed by atoms with E-state index in [9.17, 15) is 0 Å². The summed E-state index contributed by atoms with van der Waals surface area (Å²) in [5, 5.41) is 1.54. The van der Waals surface area contributed by atoms with Crippen molar-refractivity contribution in [3.63, 3.8) is 0 Å². The molecular weight excluding hydrogens is 526 g/mol. The fraction of sp³-hybridized carbons (Fsp3) is 0.261. The minimum absolute atomic E-state index is 0.000636. The molecule has 2 aromatic carbocycles. The van der Waals surface area contributed by atoms with Crippen molar-refractivity contribution in [3.8, 4) is 11.5 Å². The van der Waals surface area contributed by atoms with E-state index in [-0.39, 0.29) is 12.2 Å². The van der Waals surface area contributed by atoms with Crippen LogP contribution < -0.4 is 15.2 Å². The first-order chi connectivity index (χ1) is 16.0. The molecule has 2 aromatic heterocycles. The minimum atomic E-state index is -0.000636. The first-order valence-electron chi connectivity index (χ1n) is 10.5. The Balaban J connectivity index is 1.44. The molecule has 0 radical (unpaired) electrons. The second kappa shape index (κ2) is 8.07. The monoisotopic (exact) mass is 543 g/mol. The van der Waals surface area contributed by atoms with Gasteiger partial charge in [0.25, 0.3) is 0 Å². The van der Waals surface area contributed by atoms with Gasteiger partial charge in [-0.25, -0.2) is 15.0 Å². The first-order valence-corrected chi connectivity index (χ1v) is 12.5. The Labute approximate surface area is 207 Å². The van der Waals surface area contributed by atoms with Crippen LogP contribution in [0.15, 0.2) is 57.3 Å². The highest BCUT2D eigenvalue weighted by atomic mass is 79.9. The number of hydrogen-bond acceptors (Lipinski definition) is 7. The van der Waals surface area contributed by atoms with Crippen molar-refractivity contribution in [3.05, 3.63) is 57.8 Å². The van der Waals surface area contributed by atoms with E-state index in [1.54, 1.807) is 0 Å². The van der Waals surface area contributed by atoms with Gasteiger partial charge < -0.3 is 19.8 Å². The Morgan fingerprint density at radius 1 is 1.12 bits per heavy atom. The van der Waals surface area contributed by atoms with Crippen molar-refractivity contribution in [2.24, 2.45) is 0 Å². The Morgan fingerprint density at radius 2 is 1.88 bits per heavy atom. The summed E-state index contributed by atoms with van der Waals surface area (Å²) in [7, 11) is 0. The molecule has 1 aliphatic heterocycles. The first kappa shape index (κ1) is 21.1. The molecule has 0 amide bonds. The fourth-order valence-corrected chi connectivity index (χ4v) is 6.09. The molecule has 0 unspecified atom stereocenters. The SMILES string of the molecule is Nc1ncnc2c1nc(Sc1cc3c(cc1Br)OCO3)n2CC1(c2ccc(Cl)cc2)CCC1. The lowest BCUT2D eigenvalue weighted by Gasteiger charge is -2.43. The molecule has 2 aliphatic rings. The number of aromatic nitrogens is 4. The molecule has 3 heterocycles. The number of rotatable bonds is 5. The van der Waals surface area contributed by atoms with Crippen LogP contribution >= 0.6 is 39.3 Å². The fourth-order valence-electron chi connectivity index (χ4n) is 4.48. The quantitative estimate of drug-likeness (QED) is 0.338. The van der Waals surface area contributed by atoms with Crippen LogP contribution in [0.4, 0.5) is 5.82 Å². The normalized spacial score (nSPS) is 16.2. The number of nitrogen functional groups attached to an aromatic ring is 1. The summed E-state index contributed by atoms with van der Waals surface area (Å²) in [4.78, 5) is 14.5. The summed E-state index contributed by atoms with van der Waals surface area (Å²) >= 11 is 11.4. The highest BCUT2D eigenvalue weighted by molar-refractivity contribution is 9.10. The molecule has 0 atom stereocenters. The molecule has 0 bridgehead atoms. The zero-order valence-corrected chi connectivity index (χ0v) is 20.6. The Hall–Kier alpha value is -2.49. The van der Waals surface area contributed by atoms with Gasteiger partial charge in [0.2, 0.25) is 6.79 Å². The van der Waals surface area contributed by atoms with E-state index < -0.39 is 0 Å². The zero-order valence-electron chi connectivity index (χ0n) is 17.4. The maximum absolute atomic E-state index is 6.18. The van der Waals surface area contributed by atoms with Crippen LogP contribution in [-0.4, -0.2) is 26.3 Å². The maximum atomic E-state index is 6.18. The van der Waals surface area contributed by atoms with Gasteiger partial charge >= 0.3 is 0 Å². The smallest absolute Gasteiger partial charge is 0.231 e. The van der Waals surface area contributed by atoms with Crippen LogP contribution in [0.25, 0.3) is 11.2 Å². The minimum Gasteiger partial charge on any atom is -0.454 e. The topological polar surface area (TPSA) is 88.1 Å². The van der Waals surface area contributed by atoms with E-state index in [2.05, 4.69) is 42.6 Å². The van der Waals surface area contributed by atoms with E-state index in [0.717, 1.165) is 56.1 Å². The van der Waals surface area contributed by atoms with E-state index in [1.807, 2.05) is 24.3 Å². The van der Waals surface area contributed by atoms with Gasteiger partial charge in [-0.3, -0.25) is 0 Å². The number of nitrogens with zero attached hydrogens (tertiary/aromatic N) is 4. The third-order valence-corrected chi connectivity index (χ3v) is 8.60. The average molecular weight is 545 g/mol. The summed E-state index contributed by atoms with van der Waals surface area (Å²) < 4.78 is 14.1. The van der Waals surface area contributed by atoms with Gasteiger partial charge in [0.15, 0.2) is 33.6 Å². The standard InChI is InChI=1S/C23H19BrClN5O2S/c24-15-8-16-17(32-12-31-16)9-18(15)33-22-29-19-20(26)27-11-28-21(19)30(22)10-23(6-1-7-23)13-2-4-14(25)5-3-13/h2-5,8-9,11H,1,6-7,10,12H2,(H2,26,27,28). The highest BCUT2D eigenvalue weighted by Gasteiger charge is 2.40. The van der Waals surface area contributed by atoms with Crippen molar-refractivity contribution in [1.29, 1.82) is 0 Å². The number of imidazole rings is 1. The molecule has 168 valence electrons. The average Bonchev–Trinajstić information content (AvgIpc) is 3.36. The van der Waals surface area contributed by atoms with E-state index in [1.165, 1.54) is 30.1 Å². The van der Waals surface area contributed by atoms with Crippen LogP contribution in [-0.2, 0) is 12.0 Å². The van der Waals surface area contributed by atoms with Crippen molar-refractivity contribution in [2.45, 2.75) is 41.3 Å². The lowest BCUT2D eigenvalue weighted by atomic mass is 9.64. The summed E-state index contributed by atoms with van der Waals surface area (Å²) in [6.07, 6.45) is 4.86. The Morgan fingerprint density at radius 3 is 2.61 bits per heavy atom. The van der Waals surface area contributed by atoms with E-state index in [4.69, 9.17) is 31.8 Å². The number of anilines is 1. The van der Waals surface area contributed by atoms with Crippen LogP contribution in [0, 0.1) is 0 Å². The predicted molar refractivity (Wildman–Crippen MR) is 131 cm³/mol. The Bertz CT molecular complexity index is 1370. The molecule has 2 N–H and O–H groups in total. The van der Waals surface area contributed by atoms with Gasteiger partial charge in [0.05, 0.1) is 0 Å². The number of hydrogen-bond donors (Lipinski definition) is 1. The molecule has 1 aliphatic carbocycles.